The Balaban J connectivity index is 2.15. The Morgan fingerprint density at radius 2 is 2.29 bits per heavy atom. The quantitative estimate of drug-likeness (QED) is 0.797. The Hall–Kier alpha value is -1.51. The summed E-state index contributed by atoms with van der Waals surface area (Å²) in [7, 11) is 0. The highest BCUT2D eigenvalue weighted by Gasteiger charge is 2.31. The van der Waals surface area contributed by atoms with Crippen molar-refractivity contribution in [3.8, 4) is 5.75 Å². The number of esters is 1. The number of phenols is 1. The molecule has 2 rings (SSSR count). The van der Waals surface area contributed by atoms with Crippen LogP contribution in [0.3, 0.4) is 0 Å². The first kappa shape index (κ1) is 12.0. The van der Waals surface area contributed by atoms with Gasteiger partial charge in [-0.05, 0) is 37.0 Å². The number of carbonyl (C=O) groups is 1. The zero-order chi connectivity index (χ0) is 12.3. The molecule has 0 aromatic heterocycles. The molecule has 0 amide bonds. The van der Waals surface area contributed by atoms with Crippen molar-refractivity contribution in [3.63, 3.8) is 0 Å². The van der Waals surface area contributed by atoms with Crippen LogP contribution in [-0.2, 0) is 9.53 Å². The minimum atomic E-state index is -0.227. The van der Waals surface area contributed by atoms with E-state index in [2.05, 4.69) is 0 Å². The average Bonchev–Trinajstić information content (AvgIpc) is 3.10. The molecule has 1 fully saturated rings. The van der Waals surface area contributed by atoms with Crippen molar-refractivity contribution in [2.24, 2.45) is 5.92 Å². The average molecular weight is 234 g/mol. The summed E-state index contributed by atoms with van der Waals surface area (Å²) in [5.74, 6) is 0.443. The largest absolute Gasteiger partial charge is 0.508 e. The van der Waals surface area contributed by atoms with Gasteiger partial charge in [0.1, 0.15) is 5.75 Å². The molecule has 1 aliphatic carbocycles. The van der Waals surface area contributed by atoms with Crippen LogP contribution in [0.2, 0.25) is 0 Å². The van der Waals surface area contributed by atoms with Gasteiger partial charge in [0.05, 0.1) is 12.5 Å². The standard InChI is InChI=1S/C14H18O3/c1-2-17-14(16)13(8-10-6-7-10)11-4-3-5-12(15)9-11/h3-5,9-10,13,15H,2,6-8H2,1H3. The highest BCUT2D eigenvalue weighted by molar-refractivity contribution is 5.78. The molecule has 92 valence electrons. The predicted octanol–water partition coefficient (Wildman–Crippen LogP) is 2.84. The summed E-state index contributed by atoms with van der Waals surface area (Å²) in [5.41, 5.74) is 0.857. The number of phenolic OH excluding ortho intramolecular Hbond substituents is 1. The van der Waals surface area contributed by atoms with Crippen molar-refractivity contribution in [2.75, 3.05) is 6.61 Å². The van der Waals surface area contributed by atoms with Crippen LogP contribution in [-0.4, -0.2) is 17.7 Å². The van der Waals surface area contributed by atoms with Crippen LogP contribution in [0.1, 0.15) is 37.7 Å². The number of rotatable bonds is 5. The SMILES string of the molecule is CCOC(=O)C(CC1CC1)c1cccc(O)c1. The Morgan fingerprint density at radius 3 is 2.88 bits per heavy atom. The molecule has 0 saturated heterocycles. The van der Waals surface area contributed by atoms with Gasteiger partial charge in [-0.1, -0.05) is 25.0 Å². The molecule has 3 heteroatoms. The van der Waals surface area contributed by atoms with Crippen LogP contribution >= 0.6 is 0 Å². The zero-order valence-electron chi connectivity index (χ0n) is 10.1. The maximum absolute atomic E-state index is 11.9. The number of hydrogen-bond donors (Lipinski definition) is 1. The molecule has 0 heterocycles. The second-order valence-corrected chi connectivity index (χ2v) is 4.58. The maximum atomic E-state index is 11.9. The molecule has 0 radical (unpaired) electrons. The number of benzene rings is 1. The van der Waals surface area contributed by atoms with E-state index in [1.165, 1.54) is 12.8 Å². The van der Waals surface area contributed by atoms with E-state index in [9.17, 15) is 9.90 Å². The zero-order valence-corrected chi connectivity index (χ0v) is 10.1. The van der Waals surface area contributed by atoms with Gasteiger partial charge in [0.15, 0.2) is 0 Å². The third-order valence-corrected chi connectivity index (χ3v) is 3.11. The van der Waals surface area contributed by atoms with E-state index in [-0.39, 0.29) is 17.6 Å². The van der Waals surface area contributed by atoms with Gasteiger partial charge in [-0.15, -0.1) is 0 Å². The van der Waals surface area contributed by atoms with E-state index >= 15 is 0 Å². The van der Waals surface area contributed by atoms with Gasteiger partial charge in [-0.2, -0.15) is 0 Å². The number of aromatic hydroxyl groups is 1. The predicted molar refractivity (Wildman–Crippen MR) is 64.8 cm³/mol. The topological polar surface area (TPSA) is 46.5 Å². The smallest absolute Gasteiger partial charge is 0.313 e. The third-order valence-electron chi connectivity index (χ3n) is 3.11. The van der Waals surface area contributed by atoms with Crippen molar-refractivity contribution < 1.29 is 14.6 Å². The molecule has 1 aliphatic rings. The number of hydrogen-bond acceptors (Lipinski definition) is 3. The van der Waals surface area contributed by atoms with Crippen molar-refractivity contribution in [1.29, 1.82) is 0 Å². The Labute approximate surface area is 101 Å². The molecule has 17 heavy (non-hydrogen) atoms. The Kier molecular flexibility index (Phi) is 3.67. The summed E-state index contributed by atoms with van der Waals surface area (Å²) < 4.78 is 5.11. The molecule has 0 spiro atoms. The van der Waals surface area contributed by atoms with Crippen LogP contribution < -0.4 is 0 Å². The van der Waals surface area contributed by atoms with Crippen molar-refractivity contribution in [3.05, 3.63) is 29.8 Å². The van der Waals surface area contributed by atoms with Gasteiger partial charge in [-0.3, -0.25) is 4.79 Å². The fourth-order valence-corrected chi connectivity index (χ4v) is 2.04. The molecule has 1 saturated carbocycles. The minimum absolute atomic E-state index is 0.176. The summed E-state index contributed by atoms with van der Waals surface area (Å²) in [6, 6.07) is 6.92. The van der Waals surface area contributed by atoms with Crippen molar-refractivity contribution in [1.82, 2.24) is 0 Å². The molecule has 0 bridgehead atoms. The maximum Gasteiger partial charge on any atom is 0.313 e. The molecule has 1 atom stereocenters. The van der Waals surface area contributed by atoms with Crippen molar-refractivity contribution in [2.45, 2.75) is 32.1 Å². The van der Waals surface area contributed by atoms with Gasteiger partial charge in [-0.25, -0.2) is 0 Å². The van der Waals surface area contributed by atoms with Gasteiger partial charge in [0.25, 0.3) is 0 Å². The lowest BCUT2D eigenvalue weighted by Crippen LogP contribution is -2.16. The summed E-state index contributed by atoms with van der Waals surface area (Å²) >= 11 is 0. The van der Waals surface area contributed by atoms with Gasteiger partial charge >= 0.3 is 5.97 Å². The summed E-state index contributed by atoms with van der Waals surface area (Å²) in [6.45, 7) is 2.22. The lowest BCUT2D eigenvalue weighted by Gasteiger charge is -2.15. The highest BCUT2D eigenvalue weighted by atomic mass is 16.5. The van der Waals surface area contributed by atoms with Crippen LogP contribution in [0.15, 0.2) is 24.3 Å². The van der Waals surface area contributed by atoms with E-state index in [4.69, 9.17) is 4.74 Å². The Bertz CT molecular complexity index is 396. The molecular weight excluding hydrogens is 216 g/mol. The molecule has 1 unspecified atom stereocenters. The lowest BCUT2D eigenvalue weighted by molar-refractivity contribution is -0.145. The minimum Gasteiger partial charge on any atom is -0.508 e. The molecule has 1 aromatic rings. The van der Waals surface area contributed by atoms with E-state index in [1.807, 2.05) is 13.0 Å². The van der Waals surface area contributed by atoms with E-state index in [1.54, 1.807) is 18.2 Å². The first-order chi connectivity index (χ1) is 8.20. The summed E-state index contributed by atoms with van der Waals surface area (Å²) in [6.07, 6.45) is 3.24. The van der Waals surface area contributed by atoms with Crippen LogP contribution in [0.4, 0.5) is 0 Å². The molecule has 1 N–H and O–H groups in total. The number of ether oxygens (including phenoxy) is 1. The first-order valence-electron chi connectivity index (χ1n) is 6.16. The molecular formula is C14H18O3. The van der Waals surface area contributed by atoms with Crippen molar-refractivity contribution >= 4 is 5.97 Å². The Morgan fingerprint density at radius 1 is 1.53 bits per heavy atom. The normalized spacial score (nSPS) is 16.5. The monoisotopic (exact) mass is 234 g/mol. The van der Waals surface area contributed by atoms with Crippen LogP contribution in [0, 0.1) is 5.92 Å². The van der Waals surface area contributed by atoms with E-state index < -0.39 is 0 Å². The van der Waals surface area contributed by atoms with Crippen LogP contribution in [0.5, 0.6) is 5.75 Å². The van der Waals surface area contributed by atoms with Gasteiger partial charge < -0.3 is 9.84 Å². The van der Waals surface area contributed by atoms with E-state index in [0.29, 0.717) is 12.5 Å². The fourth-order valence-electron chi connectivity index (χ4n) is 2.04. The number of carbonyl (C=O) groups excluding carboxylic acids is 1. The summed E-state index contributed by atoms with van der Waals surface area (Å²) in [4.78, 5) is 11.9. The molecule has 3 nitrogen and oxygen atoms in total. The van der Waals surface area contributed by atoms with Crippen LogP contribution in [0.25, 0.3) is 0 Å². The highest BCUT2D eigenvalue weighted by Crippen LogP contribution is 2.39. The van der Waals surface area contributed by atoms with Gasteiger partial charge in [0, 0.05) is 0 Å². The third kappa shape index (κ3) is 3.22. The van der Waals surface area contributed by atoms with E-state index in [0.717, 1.165) is 12.0 Å². The second kappa shape index (κ2) is 5.21. The molecule has 0 aliphatic heterocycles. The molecule has 1 aromatic carbocycles. The first-order valence-corrected chi connectivity index (χ1v) is 6.16. The second-order valence-electron chi connectivity index (χ2n) is 4.58. The fraction of sp³-hybridized carbons (Fsp3) is 0.500. The lowest BCUT2D eigenvalue weighted by atomic mass is 9.93. The summed E-state index contributed by atoms with van der Waals surface area (Å²) in [5, 5.41) is 9.47. The van der Waals surface area contributed by atoms with Gasteiger partial charge in [0.2, 0.25) is 0 Å².